The van der Waals surface area contributed by atoms with Crippen LogP contribution in [0.2, 0.25) is 0 Å². The summed E-state index contributed by atoms with van der Waals surface area (Å²) < 4.78 is 224. The minimum Gasteiger partial charge on any atom is -0.135 e. The van der Waals surface area contributed by atoms with Gasteiger partial charge in [0.1, 0.15) is 0 Å². The lowest BCUT2D eigenvalue weighted by molar-refractivity contribution is 1.64. The van der Waals surface area contributed by atoms with Crippen molar-refractivity contribution < 1.29 is 34.3 Å². The Morgan fingerprint density at radius 3 is 1.65 bits per heavy atom. The minimum absolute atomic E-state index is 0.102. The quantitative estimate of drug-likeness (QED) is 0.180. The highest BCUT2D eigenvalue weighted by atomic mass is 32.1. The average Bonchev–Trinajstić information content (AvgIpc) is 3.71. The molecule has 0 radical (unpaired) electrons. The van der Waals surface area contributed by atoms with Gasteiger partial charge in [-0.25, -0.2) is 0 Å². The summed E-state index contributed by atoms with van der Waals surface area (Å²) in [5, 5.41) is -3.89. The van der Waals surface area contributed by atoms with Gasteiger partial charge in [-0.3, -0.25) is 0 Å². The summed E-state index contributed by atoms with van der Waals surface area (Å²) in [6.45, 7) is 0. The predicted molar refractivity (Wildman–Crippen MR) is 188 cm³/mol. The minimum atomic E-state index is -0.997. The van der Waals surface area contributed by atoms with Gasteiger partial charge in [0.25, 0.3) is 0 Å². The molecule has 1 aromatic heterocycles. The van der Waals surface area contributed by atoms with Crippen LogP contribution in [0, 0.1) is 0 Å². The first kappa shape index (κ1) is 10.2. The highest BCUT2D eigenvalue weighted by Gasteiger charge is 2.20. The lowest BCUT2D eigenvalue weighted by Crippen LogP contribution is -1.92. The molecule has 0 aliphatic carbocycles. The van der Waals surface area contributed by atoms with E-state index in [1.165, 1.54) is 0 Å². The molecule has 0 N–H and O–H groups in total. The van der Waals surface area contributed by atoms with E-state index in [2.05, 4.69) is 0 Å². The van der Waals surface area contributed by atoms with Crippen LogP contribution in [0.1, 0.15) is 34.3 Å². The van der Waals surface area contributed by atoms with E-state index >= 15 is 0 Å². The zero-order valence-corrected chi connectivity index (χ0v) is 22.3. The van der Waals surface area contributed by atoms with Crippen molar-refractivity contribution in [3.05, 3.63) is 157 Å². The third kappa shape index (κ3) is 3.69. The molecule has 1 heterocycles. The molecule has 0 atom stereocenters. The van der Waals surface area contributed by atoms with Crippen molar-refractivity contribution in [1.82, 2.24) is 0 Å². The van der Waals surface area contributed by atoms with Crippen molar-refractivity contribution in [2.45, 2.75) is 0 Å². The maximum Gasteiger partial charge on any atom is 0.0638 e. The van der Waals surface area contributed by atoms with Crippen LogP contribution in [-0.4, -0.2) is 0 Å². The van der Waals surface area contributed by atoms with E-state index < -0.39 is 211 Å². The second kappa shape index (κ2) is 9.66. The normalized spacial score (nSPS) is 19.9. The molecule has 0 saturated carbocycles. The van der Waals surface area contributed by atoms with E-state index in [4.69, 9.17) is 23.3 Å². The molecule has 43 heavy (non-hydrogen) atoms. The Labute approximate surface area is 289 Å². The topological polar surface area (TPSA) is 0 Å². The molecular weight excluding hydrogens is 537 g/mol. The van der Waals surface area contributed by atoms with Crippen molar-refractivity contribution in [2.75, 3.05) is 0 Å². The molecule has 8 aromatic carbocycles. The zero-order chi connectivity index (χ0) is 50.1. The maximum absolute atomic E-state index is 9.71. The Balaban J connectivity index is 1.67. The Kier molecular flexibility index (Phi) is 2.29. The Hall–Kier alpha value is -5.24. The predicted octanol–water partition coefficient (Wildman–Crippen LogP) is 12.5. The molecule has 0 aliphatic rings. The van der Waals surface area contributed by atoms with Crippen LogP contribution < -0.4 is 0 Å². The maximum atomic E-state index is 9.71. The van der Waals surface area contributed by atoms with Gasteiger partial charge >= 0.3 is 0 Å². The lowest BCUT2D eigenvalue weighted by atomic mass is 9.83. The summed E-state index contributed by atoms with van der Waals surface area (Å²) in [7, 11) is 0. The summed E-state index contributed by atoms with van der Waals surface area (Å²) in [6, 6.07) is -19.7. The molecule has 0 spiro atoms. The fourth-order valence-electron chi connectivity index (χ4n) is 5.43. The van der Waals surface area contributed by atoms with E-state index in [1.807, 2.05) is 0 Å². The largest absolute Gasteiger partial charge is 0.135 e. The fourth-order valence-corrected chi connectivity index (χ4v) is 6.40. The number of rotatable bonds is 3. The molecule has 0 fully saturated rings. The van der Waals surface area contributed by atoms with E-state index in [9.17, 15) is 11.0 Å². The molecule has 0 amide bonds. The van der Waals surface area contributed by atoms with Crippen molar-refractivity contribution in [3.8, 4) is 33.4 Å². The van der Waals surface area contributed by atoms with E-state index in [0.29, 0.717) is 11.3 Å². The van der Waals surface area contributed by atoms with Gasteiger partial charge in [-0.05, 0) is 77.8 Å². The van der Waals surface area contributed by atoms with Gasteiger partial charge in [0.15, 0.2) is 0 Å². The standard InChI is InChI=1S/C42H26S/c1-2-13-27(14-3-1)28-25-26-35(30-16-5-4-15-29(28)30)40-31-17-6-8-19-33(31)41(34-20-9-7-18-32(34)40)37-22-12-24-39-42(37)36-21-10-11-23-38(36)43-39/h1-26H/i1D,2D,3D,4D,5D,6D,7D,8D,9D,10D,11D,12D,13D,14D,15D,16D,17D,18D,19D,21D,22D,23D,24D,25D,26D. The van der Waals surface area contributed by atoms with E-state index in [1.54, 1.807) is 0 Å². The number of thiophene rings is 1. The molecule has 0 unspecified atom stereocenters. The number of benzene rings is 8. The highest BCUT2D eigenvalue weighted by molar-refractivity contribution is 7.25. The molecule has 9 aromatic rings. The molecule has 9 rings (SSSR count). The molecule has 0 bridgehead atoms. The highest BCUT2D eigenvalue weighted by Crippen LogP contribution is 2.49. The fraction of sp³-hybridized carbons (Fsp3) is 0. The van der Waals surface area contributed by atoms with Gasteiger partial charge in [0.05, 0.1) is 34.3 Å². The summed E-state index contributed by atoms with van der Waals surface area (Å²) in [5.41, 5.74) is -3.57. The number of hydrogen-bond acceptors (Lipinski definition) is 1. The van der Waals surface area contributed by atoms with Crippen molar-refractivity contribution >= 4 is 63.8 Å². The van der Waals surface area contributed by atoms with Gasteiger partial charge in [-0.15, -0.1) is 11.3 Å². The molecule has 1 heteroatoms. The lowest BCUT2D eigenvalue weighted by Gasteiger charge is -2.20. The van der Waals surface area contributed by atoms with Crippen molar-refractivity contribution in [1.29, 1.82) is 0 Å². The third-order valence-corrected chi connectivity index (χ3v) is 8.17. The van der Waals surface area contributed by atoms with Crippen LogP contribution >= 0.6 is 11.3 Å². The van der Waals surface area contributed by atoms with Crippen LogP contribution in [0.15, 0.2) is 157 Å². The molecule has 0 saturated heterocycles. The molecule has 200 valence electrons. The zero-order valence-electron chi connectivity index (χ0n) is 46.5. The summed E-state index contributed by atoms with van der Waals surface area (Å²) in [5.74, 6) is 0. The van der Waals surface area contributed by atoms with Gasteiger partial charge in [-0.2, -0.15) is 0 Å². The smallest absolute Gasteiger partial charge is 0.0638 e. The second-order valence-corrected chi connectivity index (χ2v) is 10.4. The monoisotopic (exact) mass is 587 g/mol. The van der Waals surface area contributed by atoms with E-state index in [-0.39, 0.29) is 25.6 Å². The molecule has 0 aliphatic heterocycles. The summed E-state index contributed by atoms with van der Waals surface area (Å²) in [6.07, 6.45) is 0. The molecular formula is C42H26S. The van der Waals surface area contributed by atoms with Crippen LogP contribution in [0.25, 0.3) is 85.9 Å². The first-order valence-electron chi connectivity index (χ1n) is 25.2. The Morgan fingerprint density at radius 1 is 0.349 bits per heavy atom. The van der Waals surface area contributed by atoms with Crippen LogP contribution in [-0.2, 0) is 0 Å². The summed E-state index contributed by atoms with van der Waals surface area (Å²) >= 11 is 0.696. The van der Waals surface area contributed by atoms with Gasteiger partial charge in [0.2, 0.25) is 0 Å². The van der Waals surface area contributed by atoms with Crippen LogP contribution in [0.4, 0.5) is 0 Å². The summed E-state index contributed by atoms with van der Waals surface area (Å²) in [4.78, 5) is 0. The Bertz CT molecular complexity index is 3880. The first-order chi connectivity index (χ1) is 31.7. The van der Waals surface area contributed by atoms with Crippen LogP contribution in [0.3, 0.4) is 0 Å². The van der Waals surface area contributed by atoms with Gasteiger partial charge in [-0.1, -0.05) is 145 Å². The second-order valence-electron chi connectivity index (χ2n) is 9.34. The Morgan fingerprint density at radius 2 is 0.884 bits per heavy atom. The van der Waals surface area contributed by atoms with Crippen molar-refractivity contribution in [2.24, 2.45) is 0 Å². The van der Waals surface area contributed by atoms with Crippen molar-refractivity contribution in [3.63, 3.8) is 0 Å². The van der Waals surface area contributed by atoms with Gasteiger partial charge < -0.3 is 0 Å². The first-order valence-corrected chi connectivity index (χ1v) is 13.6. The van der Waals surface area contributed by atoms with Crippen LogP contribution in [0.5, 0.6) is 0 Å². The number of fused-ring (bicyclic) bond motifs is 6. The number of hydrogen-bond donors (Lipinski definition) is 0. The van der Waals surface area contributed by atoms with Gasteiger partial charge in [0, 0.05) is 20.2 Å². The van der Waals surface area contributed by atoms with E-state index in [0.717, 1.165) is 6.07 Å². The molecule has 0 nitrogen and oxygen atoms in total. The third-order valence-electron chi connectivity index (χ3n) is 7.15. The SMILES string of the molecule is [2H]c1cc2c(-c3c([2H])c([2H])c([2H])c4sc5c([2H])c([2H])c([2H])c([2H])c5c34)c3c([2H])c([2H])c([2H])c([2H])c3c(-c3c([2H])c([2H])c(-c4c([2H])c([2H])c([2H])c([2H])c4[2H])c4c([2H])c([2H])c([2H])c([2H])c34)c2c([2H])c1[2H]. The average molecular weight is 588 g/mol.